The average Bonchev–Trinajstić information content (AvgIpc) is 3.23. The lowest BCUT2D eigenvalue weighted by atomic mass is 10.2. The van der Waals surface area contributed by atoms with Crippen molar-refractivity contribution in [1.82, 2.24) is 14.8 Å². The fourth-order valence-corrected chi connectivity index (χ4v) is 3.27. The molecule has 0 unspecified atom stereocenters. The predicted molar refractivity (Wildman–Crippen MR) is 120 cm³/mol. The van der Waals surface area contributed by atoms with Crippen LogP contribution in [0, 0.1) is 0 Å². The Labute approximate surface area is 197 Å². The van der Waals surface area contributed by atoms with Crippen LogP contribution in [0.4, 0.5) is 18.9 Å². The van der Waals surface area contributed by atoms with Gasteiger partial charge >= 0.3 is 12.1 Å². The summed E-state index contributed by atoms with van der Waals surface area (Å²) in [6, 6.07) is 15.4. The summed E-state index contributed by atoms with van der Waals surface area (Å²) in [6.07, 6.45) is -3.10. The van der Waals surface area contributed by atoms with Crippen LogP contribution in [-0.2, 0) is 28.9 Å². The van der Waals surface area contributed by atoms with E-state index in [2.05, 4.69) is 15.4 Å². The normalized spacial score (nSPS) is 11.3. The first-order valence-corrected chi connectivity index (χ1v) is 10.3. The van der Waals surface area contributed by atoms with Gasteiger partial charge in [0, 0.05) is 17.6 Å². The molecule has 0 radical (unpaired) electrons. The van der Waals surface area contributed by atoms with Crippen molar-refractivity contribution < 1.29 is 32.2 Å². The standard InChI is InChI=1S/C24H19F3N4O4/c1-34-20-11-18-16(12-31(30-18)13-22(32)35-14-15-6-3-2-4-7-15)10-19(20)29-23(33)17-8-5-9-21(28-17)24(25,26)27/h2-12H,13-14H2,1H3,(H,29,33). The number of rotatable bonds is 7. The number of anilines is 1. The molecule has 11 heteroatoms. The Morgan fingerprint density at radius 2 is 1.83 bits per heavy atom. The smallest absolute Gasteiger partial charge is 0.433 e. The highest BCUT2D eigenvalue weighted by Crippen LogP contribution is 2.31. The van der Waals surface area contributed by atoms with Crippen LogP contribution < -0.4 is 10.1 Å². The first-order valence-electron chi connectivity index (χ1n) is 10.3. The van der Waals surface area contributed by atoms with E-state index in [1.54, 1.807) is 12.3 Å². The van der Waals surface area contributed by atoms with E-state index >= 15 is 0 Å². The maximum Gasteiger partial charge on any atom is 0.433 e. The summed E-state index contributed by atoms with van der Waals surface area (Å²) >= 11 is 0. The molecule has 2 aromatic heterocycles. The molecule has 2 aromatic carbocycles. The van der Waals surface area contributed by atoms with Crippen molar-refractivity contribution in [3.05, 3.63) is 83.8 Å². The van der Waals surface area contributed by atoms with Gasteiger partial charge in [-0.3, -0.25) is 14.3 Å². The Morgan fingerprint density at radius 1 is 1.06 bits per heavy atom. The van der Waals surface area contributed by atoms with Gasteiger partial charge in [0.15, 0.2) is 0 Å². The molecule has 1 N–H and O–H groups in total. The number of hydrogen-bond donors (Lipinski definition) is 1. The second-order valence-electron chi connectivity index (χ2n) is 7.44. The van der Waals surface area contributed by atoms with E-state index in [-0.39, 0.29) is 24.6 Å². The maximum absolute atomic E-state index is 12.9. The highest BCUT2D eigenvalue weighted by molar-refractivity contribution is 6.05. The van der Waals surface area contributed by atoms with E-state index in [1.807, 2.05) is 30.3 Å². The Morgan fingerprint density at radius 3 is 2.54 bits per heavy atom. The molecule has 0 aliphatic rings. The van der Waals surface area contributed by atoms with Crippen LogP contribution in [0.15, 0.2) is 66.9 Å². The van der Waals surface area contributed by atoms with Crippen molar-refractivity contribution in [1.29, 1.82) is 0 Å². The predicted octanol–water partition coefficient (Wildman–Crippen LogP) is 4.45. The molecule has 0 saturated heterocycles. The molecule has 0 fully saturated rings. The molecule has 8 nitrogen and oxygen atoms in total. The SMILES string of the molecule is COc1cc2nn(CC(=O)OCc3ccccc3)cc2cc1NC(=O)c1cccc(C(F)(F)F)n1. The topological polar surface area (TPSA) is 95.3 Å². The second-order valence-corrected chi connectivity index (χ2v) is 7.44. The van der Waals surface area contributed by atoms with Gasteiger partial charge in [0.2, 0.25) is 0 Å². The van der Waals surface area contributed by atoms with Crippen LogP contribution in [0.2, 0.25) is 0 Å². The zero-order valence-corrected chi connectivity index (χ0v) is 18.4. The fraction of sp³-hybridized carbons (Fsp3) is 0.167. The van der Waals surface area contributed by atoms with E-state index < -0.39 is 29.4 Å². The van der Waals surface area contributed by atoms with Gasteiger partial charge in [-0.05, 0) is 23.8 Å². The minimum Gasteiger partial charge on any atom is -0.494 e. The van der Waals surface area contributed by atoms with Gasteiger partial charge in [-0.25, -0.2) is 4.98 Å². The number of halogens is 3. The number of aromatic nitrogens is 3. The van der Waals surface area contributed by atoms with Crippen LogP contribution >= 0.6 is 0 Å². The van der Waals surface area contributed by atoms with Crippen LogP contribution in [0.5, 0.6) is 5.75 Å². The Hall–Kier alpha value is -4.41. The molecular formula is C24H19F3N4O4. The van der Waals surface area contributed by atoms with Gasteiger partial charge in [-0.15, -0.1) is 0 Å². The number of pyridine rings is 1. The molecule has 1 amide bonds. The van der Waals surface area contributed by atoms with Crippen molar-refractivity contribution in [2.75, 3.05) is 12.4 Å². The van der Waals surface area contributed by atoms with Crippen molar-refractivity contribution in [3.8, 4) is 5.75 Å². The molecular weight excluding hydrogens is 465 g/mol. The first-order chi connectivity index (χ1) is 16.7. The lowest BCUT2D eigenvalue weighted by Gasteiger charge is -2.11. The Balaban J connectivity index is 1.49. The fourth-order valence-electron chi connectivity index (χ4n) is 3.27. The van der Waals surface area contributed by atoms with Crippen molar-refractivity contribution >= 4 is 28.5 Å². The quantitative estimate of drug-likeness (QED) is 0.390. The van der Waals surface area contributed by atoms with Crippen LogP contribution in [0.1, 0.15) is 21.7 Å². The van der Waals surface area contributed by atoms with E-state index in [0.29, 0.717) is 10.9 Å². The van der Waals surface area contributed by atoms with E-state index in [1.165, 1.54) is 23.9 Å². The molecule has 2 heterocycles. The Bertz CT molecular complexity index is 1370. The van der Waals surface area contributed by atoms with Gasteiger partial charge in [0.05, 0.1) is 18.3 Å². The zero-order chi connectivity index (χ0) is 25.0. The van der Waals surface area contributed by atoms with Gasteiger partial charge in [-0.2, -0.15) is 18.3 Å². The molecule has 0 aliphatic heterocycles. The van der Waals surface area contributed by atoms with Crippen molar-refractivity contribution in [2.24, 2.45) is 0 Å². The van der Waals surface area contributed by atoms with E-state index in [0.717, 1.165) is 17.7 Å². The molecule has 4 rings (SSSR count). The number of ether oxygens (including phenoxy) is 2. The number of hydrogen-bond acceptors (Lipinski definition) is 6. The molecule has 0 bridgehead atoms. The number of methoxy groups -OCH3 is 1. The number of benzene rings is 2. The van der Waals surface area contributed by atoms with Gasteiger partial charge in [0.25, 0.3) is 5.91 Å². The first kappa shape index (κ1) is 23.7. The van der Waals surface area contributed by atoms with Crippen LogP contribution in [0.3, 0.4) is 0 Å². The molecule has 4 aromatic rings. The number of esters is 1. The van der Waals surface area contributed by atoms with E-state index in [4.69, 9.17) is 9.47 Å². The minimum atomic E-state index is -4.68. The Kier molecular flexibility index (Phi) is 6.67. The lowest BCUT2D eigenvalue weighted by Crippen LogP contribution is -2.17. The van der Waals surface area contributed by atoms with Crippen LogP contribution in [-0.4, -0.2) is 33.8 Å². The molecule has 0 saturated carbocycles. The summed E-state index contributed by atoms with van der Waals surface area (Å²) in [7, 11) is 1.37. The minimum absolute atomic E-state index is 0.133. The number of carbonyl (C=O) groups is 2. The number of nitrogens with zero attached hydrogens (tertiary/aromatic N) is 3. The third-order valence-electron chi connectivity index (χ3n) is 4.93. The number of alkyl halides is 3. The summed E-state index contributed by atoms with van der Waals surface area (Å²) in [4.78, 5) is 28.1. The van der Waals surface area contributed by atoms with Gasteiger partial charge < -0.3 is 14.8 Å². The third kappa shape index (κ3) is 5.75. The van der Waals surface area contributed by atoms with Gasteiger partial charge in [-0.1, -0.05) is 36.4 Å². The van der Waals surface area contributed by atoms with E-state index in [9.17, 15) is 22.8 Å². The third-order valence-corrected chi connectivity index (χ3v) is 4.93. The number of carbonyl (C=O) groups excluding carboxylic acids is 2. The average molecular weight is 484 g/mol. The van der Waals surface area contributed by atoms with Crippen molar-refractivity contribution in [2.45, 2.75) is 19.3 Å². The number of amides is 1. The second kappa shape index (κ2) is 9.84. The number of fused-ring (bicyclic) bond motifs is 1. The largest absolute Gasteiger partial charge is 0.494 e. The lowest BCUT2D eigenvalue weighted by molar-refractivity contribution is -0.146. The highest BCUT2D eigenvalue weighted by atomic mass is 19.4. The molecule has 180 valence electrons. The summed E-state index contributed by atoms with van der Waals surface area (Å²) < 4.78 is 50.7. The maximum atomic E-state index is 12.9. The molecule has 0 spiro atoms. The summed E-state index contributed by atoms with van der Waals surface area (Å²) in [5.74, 6) is -1.10. The van der Waals surface area contributed by atoms with Crippen molar-refractivity contribution in [3.63, 3.8) is 0 Å². The van der Waals surface area contributed by atoms with Gasteiger partial charge in [0.1, 0.15) is 30.3 Å². The number of nitrogens with one attached hydrogen (secondary N) is 1. The highest BCUT2D eigenvalue weighted by Gasteiger charge is 2.33. The zero-order valence-electron chi connectivity index (χ0n) is 18.4. The monoisotopic (exact) mass is 484 g/mol. The van der Waals surface area contributed by atoms with Crippen LogP contribution in [0.25, 0.3) is 10.9 Å². The summed E-state index contributed by atoms with van der Waals surface area (Å²) in [6.45, 7) is -0.00624. The molecule has 0 aliphatic carbocycles. The molecule has 0 atom stereocenters. The summed E-state index contributed by atoms with van der Waals surface area (Å²) in [5, 5.41) is 7.40. The summed E-state index contributed by atoms with van der Waals surface area (Å²) in [5.41, 5.74) is -0.0398. The molecule has 35 heavy (non-hydrogen) atoms.